The minimum Gasteiger partial charge on any atom is -0.478 e. The molecule has 1 amide bonds. The highest BCUT2D eigenvalue weighted by Gasteiger charge is 2.41. The number of carbonyl (C=O) groups excluding carboxylic acids is 1. The van der Waals surface area contributed by atoms with Gasteiger partial charge in [-0.3, -0.25) is 9.78 Å². The summed E-state index contributed by atoms with van der Waals surface area (Å²) in [5, 5.41) is 16.3. The zero-order valence-electron chi connectivity index (χ0n) is 22.6. The van der Waals surface area contributed by atoms with Gasteiger partial charge in [-0.2, -0.15) is 0 Å². The summed E-state index contributed by atoms with van der Waals surface area (Å²) in [4.78, 5) is 30.9. The van der Waals surface area contributed by atoms with Gasteiger partial charge in [-0.25, -0.2) is 4.79 Å². The molecule has 0 radical (unpaired) electrons. The predicted octanol–water partition coefficient (Wildman–Crippen LogP) is 5.50. The molecule has 5 rings (SSSR count). The van der Waals surface area contributed by atoms with Crippen molar-refractivity contribution in [2.75, 3.05) is 11.9 Å². The number of hydrogen-bond donors (Lipinski definition) is 3. The van der Waals surface area contributed by atoms with Crippen molar-refractivity contribution in [1.82, 2.24) is 19.8 Å². The monoisotopic (exact) mass is 553 g/mol. The van der Waals surface area contributed by atoms with Gasteiger partial charge >= 0.3 is 5.97 Å². The zero-order chi connectivity index (χ0) is 28.4. The van der Waals surface area contributed by atoms with E-state index < -0.39 is 5.97 Å². The van der Waals surface area contributed by atoms with Crippen LogP contribution >= 0.6 is 12.2 Å². The van der Waals surface area contributed by atoms with E-state index in [2.05, 4.69) is 31.2 Å². The first-order valence-corrected chi connectivity index (χ1v) is 13.5. The quantitative estimate of drug-likeness (QED) is 0.248. The smallest absolute Gasteiger partial charge is 0.335 e. The highest BCUT2D eigenvalue weighted by molar-refractivity contribution is 7.80. The zero-order valence-corrected chi connectivity index (χ0v) is 23.4. The van der Waals surface area contributed by atoms with Crippen molar-refractivity contribution in [2.24, 2.45) is 0 Å². The van der Waals surface area contributed by atoms with Crippen molar-refractivity contribution in [3.8, 4) is 5.69 Å². The van der Waals surface area contributed by atoms with Crippen LogP contribution in [0.3, 0.4) is 0 Å². The molecule has 3 N–H and O–H groups in total. The Bertz CT molecular complexity index is 1550. The van der Waals surface area contributed by atoms with Crippen LogP contribution in [0.4, 0.5) is 5.69 Å². The van der Waals surface area contributed by atoms with E-state index in [1.807, 2.05) is 75.4 Å². The Kier molecular flexibility index (Phi) is 7.66. The summed E-state index contributed by atoms with van der Waals surface area (Å²) < 4.78 is 2.11. The molecule has 0 saturated carbocycles. The largest absolute Gasteiger partial charge is 0.478 e. The summed E-state index contributed by atoms with van der Waals surface area (Å²) in [7, 11) is 0. The Balaban J connectivity index is 1.46. The number of thiocarbonyl (C=S) groups is 1. The fourth-order valence-corrected chi connectivity index (χ4v) is 5.64. The molecule has 1 fully saturated rings. The van der Waals surface area contributed by atoms with Crippen LogP contribution in [-0.4, -0.2) is 43.1 Å². The average molecular weight is 554 g/mol. The Hall–Kier alpha value is -4.50. The molecule has 9 heteroatoms. The number of aryl methyl sites for hydroxylation is 2. The number of rotatable bonds is 8. The number of hydrogen-bond acceptors (Lipinski definition) is 4. The van der Waals surface area contributed by atoms with Gasteiger partial charge in [-0.15, -0.1) is 0 Å². The summed E-state index contributed by atoms with van der Waals surface area (Å²) in [6.07, 6.45) is 2.03. The number of anilines is 1. The van der Waals surface area contributed by atoms with E-state index in [0.29, 0.717) is 11.7 Å². The minimum atomic E-state index is -0.959. The molecule has 40 heavy (non-hydrogen) atoms. The molecule has 0 unspecified atom stereocenters. The van der Waals surface area contributed by atoms with E-state index >= 15 is 0 Å². The molecule has 204 valence electrons. The summed E-state index contributed by atoms with van der Waals surface area (Å²) in [6.45, 7) is 6.51. The molecule has 1 saturated heterocycles. The van der Waals surface area contributed by atoms with E-state index in [0.717, 1.165) is 39.6 Å². The first kappa shape index (κ1) is 27.1. The number of nitrogens with one attached hydrogen (secondary N) is 2. The van der Waals surface area contributed by atoms with Gasteiger partial charge < -0.3 is 25.2 Å². The number of carboxylic acid groups (broad SMARTS) is 1. The second-order valence-corrected chi connectivity index (χ2v) is 10.4. The van der Waals surface area contributed by atoms with Gasteiger partial charge in [0.1, 0.15) is 0 Å². The van der Waals surface area contributed by atoms with E-state index in [4.69, 9.17) is 12.2 Å². The van der Waals surface area contributed by atoms with E-state index in [9.17, 15) is 14.7 Å². The van der Waals surface area contributed by atoms with Crippen molar-refractivity contribution < 1.29 is 14.7 Å². The molecule has 0 aliphatic carbocycles. The van der Waals surface area contributed by atoms with Crippen LogP contribution in [0.2, 0.25) is 0 Å². The second kappa shape index (κ2) is 11.3. The summed E-state index contributed by atoms with van der Waals surface area (Å²) in [5.74, 6) is -1.05. The lowest BCUT2D eigenvalue weighted by molar-refractivity contribution is -0.116. The third-order valence-corrected chi connectivity index (χ3v) is 7.63. The standard InChI is InChI=1S/C31H31N5O3S/c1-19-7-11-23(12-8-19)33-27(37)15-17-35-29(28(34-31(35)40)26-6-4-5-16-32-26)25-18-20(2)36(21(25)3)24-13-9-22(10-14-24)30(38)39/h4-14,16,18,28-29H,15,17H2,1-3H3,(H,33,37)(H,34,40)(H,38,39)/t28-,29-/m1/s1. The lowest BCUT2D eigenvalue weighted by Gasteiger charge is -2.28. The maximum absolute atomic E-state index is 12.9. The molecule has 4 aromatic rings. The SMILES string of the molecule is Cc1ccc(NC(=O)CCN2C(=S)N[C@H](c3ccccn3)[C@H]2c2cc(C)n(-c3ccc(C(=O)O)cc3)c2C)cc1. The van der Waals surface area contributed by atoms with Gasteiger partial charge in [-0.1, -0.05) is 23.8 Å². The highest BCUT2D eigenvalue weighted by Crippen LogP contribution is 2.41. The van der Waals surface area contributed by atoms with E-state index in [1.165, 1.54) is 0 Å². The van der Waals surface area contributed by atoms with Crippen molar-refractivity contribution in [3.05, 3.63) is 113 Å². The van der Waals surface area contributed by atoms with Crippen molar-refractivity contribution in [1.29, 1.82) is 0 Å². The van der Waals surface area contributed by atoms with E-state index in [-0.39, 0.29) is 30.0 Å². The maximum Gasteiger partial charge on any atom is 0.335 e. The normalized spacial score (nSPS) is 16.6. The Morgan fingerprint density at radius 3 is 2.40 bits per heavy atom. The van der Waals surface area contributed by atoms with Crippen molar-refractivity contribution in [3.63, 3.8) is 0 Å². The molecule has 8 nitrogen and oxygen atoms in total. The van der Waals surface area contributed by atoms with Crippen LogP contribution in [0.1, 0.15) is 57.1 Å². The molecule has 3 heterocycles. The minimum absolute atomic E-state index is 0.0873. The Labute approximate surface area is 238 Å². The second-order valence-electron chi connectivity index (χ2n) is 10.00. The number of amides is 1. The van der Waals surface area contributed by atoms with Gasteiger partial charge in [0.05, 0.1) is 23.3 Å². The number of aromatic nitrogens is 2. The Morgan fingerprint density at radius 2 is 1.75 bits per heavy atom. The molecule has 2 atom stereocenters. The average Bonchev–Trinajstić information content (AvgIpc) is 3.43. The fourth-order valence-electron chi connectivity index (χ4n) is 5.30. The molecule has 2 aromatic heterocycles. The van der Waals surface area contributed by atoms with Gasteiger partial charge in [-0.05, 0) is 93.1 Å². The predicted molar refractivity (Wildman–Crippen MR) is 159 cm³/mol. The number of carbonyl (C=O) groups is 2. The molecule has 2 aromatic carbocycles. The van der Waals surface area contributed by atoms with Crippen LogP contribution < -0.4 is 10.6 Å². The van der Waals surface area contributed by atoms with Crippen LogP contribution in [0.25, 0.3) is 5.69 Å². The Morgan fingerprint density at radius 1 is 1.02 bits per heavy atom. The lowest BCUT2D eigenvalue weighted by Crippen LogP contribution is -2.32. The molecular weight excluding hydrogens is 522 g/mol. The summed E-state index contributed by atoms with van der Waals surface area (Å²) in [6, 6.07) is 22.1. The first-order valence-electron chi connectivity index (χ1n) is 13.1. The van der Waals surface area contributed by atoms with Crippen LogP contribution in [-0.2, 0) is 4.79 Å². The molecule has 1 aliphatic heterocycles. The van der Waals surface area contributed by atoms with Crippen molar-refractivity contribution >= 4 is 34.9 Å². The molecule has 0 bridgehead atoms. The number of aromatic carboxylic acids is 1. The topological polar surface area (TPSA) is 99.5 Å². The van der Waals surface area contributed by atoms with Gasteiger partial charge in [0.15, 0.2) is 5.11 Å². The van der Waals surface area contributed by atoms with Gasteiger partial charge in [0.25, 0.3) is 0 Å². The summed E-state index contributed by atoms with van der Waals surface area (Å²) >= 11 is 5.80. The van der Waals surface area contributed by atoms with E-state index in [1.54, 1.807) is 18.3 Å². The van der Waals surface area contributed by atoms with Gasteiger partial charge in [0.2, 0.25) is 5.91 Å². The van der Waals surface area contributed by atoms with Gasteiger partial charge in [0, 0.05) is 41.9 Å². The molecule has 0 spiro atoms. The molecular formula is C31H31N5O3S. The number of pyridine rings is 1. The lowest BCUT2D eigenvalue weighted by atomic mass is 9.96. The van der Waals surface area contributed by atoms with Crippen LogP contribution in [0.15, 0.2) is 79.0 Å². The summed E-state index contributed by atoms with van der Waals surface area (Å²) in [5.41, 5.74) is 6.93. The number of benzene rings is 2. The number of carboxylic acids is 1. The first-order chi connectivity index (χ1) is 19.2. The third-order valence-electron chi connectivity index (χ3n) is 7.27. The highest BCUT2D eigenvalue weighted by atomic mass is 32.1. The third kappa shape index (κ3) is 5.46. The van der Waals surface area contributed by atoms with Crippen molar-refractivity contribution in [2.45, 2.75) is 39.3 Å². The van der Waals surface area contributed by atoms with Crippen LogP contribution in [0, 0.1) is 20.8 Å². The fraction of sp³-hybridized carbons (Fsp3) is 0.226. The van der Waals surface area contributed by atoms with Crippen LogP contribution in [0.5, 0.6) is 0 Å². The molecule has 1 aliphatic rings. The number of nitrogens with zero attached hydrogens (tertiary/aromatic N) is 3. The maximum atomic E-state index is 12.9.